The second kappa shape index (κ2) is 27.2. The minimum Gasteiger partial charge on any atom is -0.467 e. The number of nitrogens with zero attached hydrogens (tertiary/aromatic N) is 1. The van der Waals surface area contributed by atoms with Crippen molar-refractivity contribution in [1.29, 1.82) is 0 Å². The molecule has 2 aromatic carbocycles. The molecule has 2 aromatic rings. The average Bonchev–Trinajstić information content (AvgIpc) is 3.28. The third kappa shape index (κ3) is 18.5. The van der Waals surface area contributed by atoms with Gasteiger partial charge >= 0.3 is 18.1 Å². The number of carbonyl (C=O) groups excluding carboxylic acids is 7. The Labute approximate surface area is 397 Å². The van der Waals surface area contributed by atoms with E-state index in [9.17, 15) is 38.7 Å². The third-order valence-corrected chi connectivity index (χ3v) is 12.1. The monoisotopic (exact) mass is 936 g/mol. The number of rotatable bonds is 24. The Kier molecular flexibility index (Phi) is 22.6. The molecule has 3 rings (SSSR count). The van der Waals surface area contributed by atoms with E-state index in [4.69, 9.17) is 9.47 Å². The number of nitrogens with one attached hydrogen (secondary N) is 6. The van der Waals surface area contributed by atoms with Gasteiger partial charge < -0.3 is 51.4 Å². The molecule has 1 aliphatic heterocycles. The number of ether oxygens (including phenoxy) is 2. The first-order valence-corrected chi connectivity index (χ1v) is 23.7. The van der Waals surface area contributed by atoms with E-state index >= 15 is 0 Å². The Balaban J connectivity index is 1.63. The molecule has 0 bridgehead atoms. The highest BCUT2D eigenvalue weighted by molar-refractivity contribution is 5.95. The number of urea groups is 1. The maximum Gasteiger partial charge on any atom is 0.407 e. The predicted molar refractivity (Wildman–Crippen MR) is 255 cm³/mol. The van der Waals surface area contributed by atoms with Gasteiger partial charge in [-0.3, -0.25) is 19.2 Å². The number of alkyl carbamates (subject to hydrolysis) is 1. The fourth-order valence-electron chi connectivity index (χ4n) is 8.13. The molecule has 0 radical (unpaired) electrons. The Morgan fingerprint density at radius 1 is 0.776 bits per heavy atom. The molecule has 0 saturated carbocycles. The molecule has 5 atom stereocenters. The topological polar surface area (TPSA) is 234 Å². The molecule has 0 aromatic heterocycles. The summed E-state index contributed by atoms with van der Waals surface area (Å²) in [6, 6.07) is 16.7. The van der Waals surface area contributed by atoms with Crippen LogP contribution in [-0.4, -0.2) is 120 Å². The summed E-state index contributed by atoms with van der Waals surface area (Å²) in [6.45, 7) is 14.3. The molecular formula is C50H77N7O10. The number of amides is 7. The van der Waals surface area contributed by atoms with E-state index in [1.807, 2.05) is 48.5 Å². The number of unbranched alkanes of at least 4 members (excludes halogenated alkanes) is 2. The minimum absolute atomic E-state index is 0.0803. The number of hydrogen-bond acceptors (Lipinski definition) is 10. The molecule has 1 aliphatic rings. The van der Waals surface area contributed by atoms with Crippen LogP contribution >= 0.6 is 0 Å². The van der Waals surface area contributed by atoms with Crippen LogP contribution in [-0.2, 0) is 46.3 Å². The second-order valence-electron chi connectivity index (χ2n) is 19.1. The average molecular weight is 936 g/mol. The molecule has 0 aliphatic carbocycles. The van der Waals surface area contributed by atoms with Crippen molar-refractivity contribution in [3.05, 3.63) is 71.8 Å². The van der Waals surface area contributed by atoms with E-state index in [2.05, 4.69) is 44.0 Å². The minimum atomic E-state index is -1.70. The standard InChI is InChI=1S/C50H77N7O10/c1-33(2)43(45(62)66-9)55-46(63)50(34(3)4,56-42(60)24-18-12-15-21-36-19-13-10-14-20-36)35(5)40(58)32-52-41(59)25-28-51-44(61)39(31-37-22-16-11-17-23-37)54-47(64)57-29-26-38(27-30-57)53-48(65)67-49(6,7)8/h10-11,13-14,16-17,19-20,22-23,33-35,38-40,43,58H,12,15,18,21,24-32H2,1-9H3,(H,51,61)(H,52,59)(H,53,65)(H,54,64)(H,55,63)(H,56,60)/t35-,39-,40?,43?,50-/m0/s1. The number of hydrogen-bond donors (Lipinski definition) is 7. The Morgan fingerprint density at radius 2 is 1.39 bits per heavy atom. The van der Waals surface area contributed by atoms with Gasteiger partial charge in [0.15, 0.2) is 0 Å². The van der Waals surface area contributed by atoms with Crippen molar-refractivity contribution in [2.24, 2.45) is 17.8 Å². The molecule has 7 amide bonds. The summed E-state index contributed by atoms with van der Waals surface area (Å²) in [5.74, 6) is -4.60. The quantitative estimate of drug-likeness (QED) is 0.0574. The van der Waals surface area contributed by atoms with Crippen molar-refractivity contribution in [3.63, 3.8) is 0 Å². The summed E-state index contributed by atoms with van der Waals surface area (Å²) >= 11 is 0. The van der Waals surface area contributed by atoms with Crippen molar-refractivity contribution in [1.82, 2.24) is 36.8 Å². The predicted octanol–water partition coefficient (Wildman–Crippen LogP) is 4.54. The third-order valence-electron chi connectivity index (χ3n) is 12.1. The number of aliphatic hydroxyl groups excluding tert-OH is 1. The van der Waals surface area contributed by atoms with Crippen LogP contribution in [0.2, 0.25) is 0 Å². The van der Waals surface area contributed by atoms with Crippen LogP contribution in [0.5, 0.6) is 0 Å². The number of aryl methyl sites for hydroxylation is 1. The second-order valence-corrected chi connectivity index (χ2v) is 19.1. The van der Waals surface area contributed by atoms with Crippen LogP contribution in [0.15, 0.2) is 60.7 Å². The van der Waals surface area contributed by atoms with E-state index in [0.29, 0.717) is 32.4 Å². The summed E-state index contributed by atoms with van der Waals surface area (Å²) in [7, 11) is 1.22. The number of esters is 1. The van der Waals surface area contributed by atoms with Crippen LogP contribution in [0.1, 0.15) is 111 Å². The number of methoxy groups -OCH3 is 1. The van der Waals surface area contributed by atoms with Gasteiger partial charge in [-0.2, -0.15) is 0 Å². The first-order chi connectivity index (χ1) is 31.7. The molecule has 2 unspecified atom stereocenters. The summed E-state index contributed by atoms with van der Waals surface area (Å²) in [5, 5.41) is 28.5. The highest BCUT2D eigenvalue weighted by atomic mass is 16.6. The van der Waals surface area contributed by atoms with Crippen molar-refractivity contribution < 1.29 is 48.1 Å². The SMILES string of the molecule is COC(=O)C(NC(=O)[C@](NC(=O)CCCCCc1ccccc1)(C(C)C)[C@@H](C)C(O)CNC(=O)CCNC(=O)[C@H](Cc1ccccc1)NC(=O)N1CCC(NC(=O)OC(C)(C)C)CC1)C(C)C. The van der Waals surface area contributed by atoms with E-state index in [-0.39, 0.29) is 50.2 Å². The van der Waals surface area contributed by atoms with E-state index in [0.717, 1.165) is 24.8 Å². The maximum atomic E-state index is 14.4. The molecule has 1 fully saturated rings. The van der Waals surface area contributed by atoms with Crippen molar-refractivity contribution in [2.75, 3.05) is 33.3 Å². The molecule has 67 heavy (non-hydrogen) atoms. The lowest BCUT2D eigenvalue weighted by molar-refractivity contribution is -0.150. The maximum absolute atomic E-state index is 14.4. The van der Waals surface area contributed by atoms with Gasteiger partial charge in [-0.15, -0.1) is 0 Å². The fraction of sp³-hybridized carbons (Fsp3) is 0.620. The van der Waals surface area contributed by atoms with Crippen molar-refractivity contribution >= 4 is 41.7 Å². The molecular weight excluding hydrogens is 859 g/mol. The molecule has 372 valence electrons. The van der Waals surface area contributed by atoms with Gasteiger partial charge in [0.1, 0.15) is 23.2 Å². The molecule has 1 saturated heterocycles. The normalized spacial score (nSPS) is 15.8. The van der Waals surface area contributed by atoms with E-state index in [1.54, 1.807) is 60.3 Å². The molecule has 7 N–H and O–H groups in total. The fourth-order valence-corrected chi connectivity index (χ4v) is 8.13. The van der Waals surface area contributed by atoms with Gasteiger partial charge in [-0.1, -0.05) is 102 Å². The first kappa shape index (κ1) is 55.6. The number of aliphatic hydroxyl groups is 1. The van der Waals surface area contributed by atoms with E-state index < -0.39 is 77.0 Å². The van der Waals surface area contributed by atoms with Crippen LogP contribution in [0.4, 0.5) is 9.59 Å². The number of likely N-dealkylation sites (tertiary alicyclic amines) is 1. The highest BCUT2D eigenvalue weighted by Gasteiger charge is 2.51. The van der Waals surface area contributed by atoms with Gasteiger partial charge in [0.05, 0.1) is 13.2 Å². The van der Waals surface area contributed by atoms with Crippen LogP contribution in [0, 0.1) is 17.8 Å². The summed E-state index contributed by atoms with van der Waals surface area (Å²) < 4.78 is 10.3. The highest BCUT2D eigenvalue weighted by Crippen LogP contribution is 2.31. The van der Waals surface area contributed by atoms with Gasteiger partial charge in [-0.25, -0.2) is 14.4 Å². The number of carbonyl (C=O) groups is 7. The van der Waals surface area contributed by atoms with Crippen LogP contribution in [0.3, 0.4) is 0 Å². The smallest absolute Gasteiger partial charge is 0.407 e. The summed E-state index contributed by atoms with van der Waals surface area (Å²) in [4.78, 5) is 94.8. The van der Waals surface area contributed by atoms with Crippen LogP contribution in [0.25, 0.3) is 0 Å². The molecule has 17 heteroatoms. The zero-order chi connectivity index (χ0) is 49.7. The van der Waals surface area contributed by atoms with Gasteiger partial charge in [0, 0.05) is 57.4 Å². The molecule has 17 nitrogen and oxygen atoms in total. The molecule has 0 spiro atoms. The van der Waals surface area contributed by atoms with Gasteiger partial charge in [0.2, 0.25) is 23.6 Å². The summed E-state index contributed by atoms with van der Waals surface area (Å²) in [6.07, 6.45) is 2.44. The first-order valence-electron chi connectivity index (χ1n) is 23.7. The summed E-state index contributed by atoms with van der Waals surface area (Å²) in [5.41, 5.74) is -0.313. The lowest BCUT2D eigenvalue weighted by Gasteiger charge is -2.44. The lowest BCUT2D eigenvalue weighted by atomic mass is 9.72. The van der Waals surface area contributed by atoms with Gasteiger partial charge in [-0.05, 0) is 75.8 Å². The van der Waals surface area contributed by atoms with Crippen LogP contribution < -0.4 is 31.9 Å². The Hall–Kier alpha value is -5.71. The van der Waals surface area contributed by atoms with Crippen molar-refractivity contribution in [3.8, 4) is 0 Å². The Bertz CT molecular complexity index is 1900. The Morgan fingerprint density at radius 3 is 1.96 bits per heavy atom. The van der Waals surface area contributed by atoms with Crippen molar-refractivity contribution in [2.45, 2.75) is 149 Å². The largest absolute Gasteiger partial charge is 0.467 e. The molecule has 1 heterocycles. The zero-order valence-electron chi connectivity index (χ0n) is 41.1. The zero-order valence-corrected chi connectivity index (χ0v) is 41.1. The van der Waals surface area contributed by atoms with Gasteiger partial charge in [0.25, 0.3) is 0 Å². The van der Waals surface area contributed by atoms with E-state index in [1.165, 1.54) is 12.7 Å². The lowest BCUT2D eigenvalue weighted by Crippen LogP contribution is -2.69. The number of benzene rings is 2. The number of piperidine rings is 1.